The van der Waals surface area contributed by atoms with Gasteiger partial charge in [-0.3, -0.25) is 14.5 Å². The molecule has 1 N–H and O–H groups in total. The van der Waals surface area contributed by atoms with Gasteiger partial charge in [0.15, 0.2) is 0 Å². The van der Waals surface area contributed by atoms with Crippen molar-refractivity contribution in [2.45, 2.75) is 18.7 Å². The van der Waals surface area contributed by atoms with Crippen LogP contribution in [0.25, 0.3) is 16.9 Å². The second-order valence-corrected chi connectivity index (χ2v) is 11.2. The summed E-state index contributed by atoms with van der Waals surface area (Å²) in [4.78, 5) is 28.6. The summed E-state index contributed by atoms with van der Waals surface area (Å²) >= 11 is 8.24. The molecule has 2 aromatic heterocycles. The highest BCUT2D eigenvalue weighted by atomic mass is 35.5. The van der Waals surface area contributed by atoms with Gasteiger partial charge in [0.05, 0.1) is 35.2 Å². The first-order chi connectivity index (χ1) is 20.0. The van der Waals surface area contributed by atoms with Crippen LogP contribution >= 0.6 is 23.4 Å². The van der Waals surface area contributed by atoms with E-state index in [1.165, 1.54) is 11.8 Å². The maximum absolute atomic E-state index is 13.8. The SMILES string of the molecule is Cc1ccc(-n2nc(-c3ccccc3)c3c2N(CC(=O)NCc2ccco2)C(=O)CS[C@@H]3c2ccccc2Cl)cc1. The summed E-state index contributed by atoms with van der Waals surface area (Å²) in [7, 11) is 0. The first kappa shape index (κ1) is 26.9. The molecule has 7 nitrogen and oxygen atoms in total. The van der Waals surface area contributed by atoms with Crippen molar-refractivity contribution in [3.8, 4) is 16.9 Å². The van der Waals surface area contributed by atoms with Crippen molar-refractivity contribution < 1.29 is 14.0 Å². The van der Waals surface area contributed by atoms with Gasteiger partial charge in [0, 0.05) is 16.1 Å². The molecule has 0 bridgehead atoms. The summed E-state index contributed by atoms with van der Waals surface area (Å²) < 4.78 is 7.14. The third kappa shape index (κ3) is 5.53. The largest absolute Gasteiger partial charge is 0.467 e. The lowest BCUT2D eigenvalue weighted by Crippen LogP contribution is -2.42. The molecule has 0 radical (unpaired) electrons. The van der Waals surface area contributed by atoms with Crippen molar-refractivity contribution in [2.24, 2.45) is 0 Å². The van der Waals surface area contributed by atoms with Crippen LogP contribution in [-0.2, 0) is 16.1 Å². The third-order valence-corrected chi connectivity index (χ3v) is 8.52. The van der Waals surface area contributed by atoms with Gasteiger partial charge in [-0.1, -0.05) is 77.8 Å². The molecule has 1 aliphatic rings. The fraction of sp³-hybridized carbons (Fsp3) is 0.156. The monoisotopic (exact) mass is 582 g/mol. The third-order valence-electron chi connectivity index (χ3n) is 6.94. The predicted molar refractivity (Wildman–Crippen MR) is 162 cm³/mol. The van der Waals surface area contributed by atoms with Gasteiger partial charge in [-0.15, -0.1) is 11.8 Å². The zero-order chi connectivity index (χ0) is 28.3. The molecule has 0 saturated heterocycles. The number of rotatable bonds is 7. The van der Waals surface area contributed by atoms with Crippen LogP contribution in [0.2, 0.25) is 5.02 Å². The van der Waals surface area contributed by atoms with E-state index in [-0.39, 0.29) is 35.9 Å². The zero-order valence-corrected chi connectivity index (χ0v) is 23.9. The molecule has 0 fully saturated rings. The van der Waals surface area contributed by atoms with Crippen LogP contribution in [0.4, 0.5) is 5.82 Å². The maximum Gasteiger partial charge on any atom is 0.240 e. The second-order valence-electron chi connectivity index (χ2n) is 9.75. The molecule has 0 aliphatic carbocycles. The number of aromatic nitrogens is 2. The highest BCUT2D eigenvalue weighted by molar-refractivity contribution is 8.00. The molecule has 1 atom stereocenters. The van der Waals surface area contributed by atoms with E-state index in [0.29, 0.717) is 16.6 Å². The van der Waals surface area contributed by atoms with Gasteiger partial charge >= 0.3 is 0 Å². The highest BCUT2D eigenvalue weighted by Gasteiger charge is 2.38. The molecular weight excluding hydrogens is 556 g/mol. The number of benzene rings is 3. The van der Waals surface area contributed by atoms with Crippen molar-refractivity contribution in [1.29, 1.82) is 0 Å². The summed E-state index contributed by atoms with van der Waals surface area (Å²) in [5.41, 5.74) is 5.24. The number of thioether (sulfide) groups is 1. The molecule has 206 valence electrons. The Morgan fingerprint density at radius 1 is 1.02 bits per heavy atom. The van der Waals surface area contributed by atoms with Gasteiger partial charge in [0.1, 0.15) is 18.1 Å². The van der Waals surface area contributed by atoms with E-state index >= 15 is 0 Å². The van der Waals surface area contributed by atoms with Gasteiger partial charge in [0.2, 0.25) is 11.8 Å². The fourth-order valence-corrected chi connectivity index (χ4v) is 6.47. The first-order valence-corrected chi connectivity index (χ1v) is 14.6. The minimum atomic E-state index is -0.306. The van der Waals surface area contributed by atoms with E-state index in [1.54, 1.807) is 28.0 Å². The summed E-state index contributed by atoms with van der Waals surface area (Å²) in [5.74, 6) is 0.858. The van der Waals surface area contributed by atoms with E-state index < -0.39 is 0 Å². The van der Waals surface area contributed by atoms with Gasteiger partial charge in [-0.05, 0) is 42.8 Å². The minimum Gasteiger partial charge on any atom is -0.467 e. The van der Waals surface area contributed by atoms with Crippen molar-refractivity contribution in [3.63, 3.8) is 0 Å². The van der Waals surface area contributed by atoms with E-state index in [0.717, 1.165) is 33.6 Å². The van der Waals surface area contributed by atoms with Crippen LogP contribution in [-0.4, -0.2) is 33.9 Å². The molecule has 0 unspecified atom stereocenters. The number of halogens is 1. The number of hydrogen-bond acceptors (Lipinski definition) is 5. The number of nitrogens with one attached hydrogen (secondary N) is 1. The molecule has 3 heterocycles. The lowest BCUT2D eigenvalue weighted by molar-refractivity contribution is -0.123. The maximum atomic E-state index is 13.8. The van der Waals surface area contributed by atoms with E-state index in [9.17, 15) is 9.59 Å². The van der Waals surface area contributed by atoms with Gasteiger partial charge in [-0.2, -0.15) is 5.10 Å². The second kappa shape index (κ2) is 11.7. The van der Waals surface area contributed by atoms with Gasteiger partial charge in [0.25, 0.3) is 0 Å². The highest BCUT2D eigenvalue weighted by Crippen LogP contribution is 2.49. The number of hydrogen-bond donors (Lipinski definition) is 1. The minimum absolute atomic E-state index is 0.165. The topological polar surface area (TPSA) is 80.4 Å². The van der Waals surface area contributed by atoms with E-state index in [1.807, 2.05) is 85.8 Å². The molecular formula is C32H27ClN4O3S. The molecule has 9 heteroatoms. The average Bonchev–Trinajstić information content (AvgIpc) is 3.62. The smallest absolute Gasteiger partial charge is 0.240 e. The standard InChI is InChI=1S/C32H27ClN4O3S/c1-21-13-15-23(16-14-21)37-32-29(30(35-37)22-8-3-2-4-9-22)31(25-11-5-6-12-26(25)33)41-20-28(39)36(32)19-27(38)34-18-24-10-7-17-40-24/h2-17,31H,18-20H2,1H3,(H,34,38)/t31-/m1/s1. The van der Waals surface area contributed by atoms with Crippen LogP contribution < -0.4 is 10.2 Å². The molecule has 5 aromatic rings. The summed E-state index contributed by atoms with van der Waals surface area (Å²) in [5, 5.41) is 8.29. The Labute approximate surface area is 247 Å². The van der Waals surface area contributed by atoms with Crippen molar-refractivity contribution in [3.05, 3.63) is 125 Å². The van der Waals surface area contributed by atoms with Gasteiger partial charge in [-0.25, -0.2) is 4.68 Å². The Morgan fingerprint density at radius 2 is 1.78 bits per heavy atom. The molecule has 0 saturated carbocycles. The average molecular weight is 583 g/mol. The molecule has 41 heavy (non-hydrogen) atoms. The Hall–Kier alpha value is -4.27. The molecule has 3 aromatic carbocycles. The number of carbonyl (C=O) groups excluding carboxylic acids is 2. The Bertz CT molecular complexity index is 1680. The summed E-state index contributed by atoms with van der Waals surface area (Å²) in [6.07, 6.45) is 1.56. The Morgan fingerprint density at radius 3 is 2.51 bits per heavy atom. The van der Waals surface area contributed by atoms with Crippen LogP contribution in [0.15, 0.2) is 102 Å². The van der Waals surface area contributed by atoms with Crippen LogP contribution in [0, 0.1) is 6.92 Å². The number of amides is 2. The van der Waals surface area contributed by atoms with Crippen LogP contribution in [0.5, 0.6) is 0 Å². The number of fused-ring (bicyclic) bond motifs is 1. The zero-order valence-electron chi connectivity index (χ0n) is 22.3. The molecule has 1 aliphatic heterocycles. The van der Waals surface area contributed by atoms with E-state index in [4.69, 9.17) is 21.1 Å². The van der Waals surface area contributed by atoms with Crippen molar-refractivity contribution in [1.82, 2.24) is 15.1 Å². The van der Waals surface area contributed by atoms with Crippen molar-refractivity contribution in [2.75, 3.05) is 17.2 Å². The van der Waals surface area contributed by atoms with Crippen LogP contribution in [0.1, 0.15) is 27.7 Å². The van der Waals surface area contributed by atoms with Crippen LogP contribution in [0.3, 0.4) is 0 Å². The number of carbonyl (C=O) groups is 2. The number of anilines is 1. The quantitative estimate of drug-likeness (QED) is 0.234. The molecule has 2 amide bonds. The Balaban J connectivity index is 1.54. The van der Waals surface area contributed by atoms with Crippen molar-refractivity contribution >= 4 is 41.0 Å². The lowest BCUT2D eigenvalue weighted by Gasteiger charge is -2.23. The van der Waals surface area contributed by atoms with E-state index in [2.05, 4.69) is 5.32 Å². The van der Waals surface area contributed by atoms with Gasteiger partial charge < -0.3 is 9.73 Å². The number of aryl methyl sites for hydroxylation is 1. The summed E-state index contributed by atoms with van der Waals surface area (Å²) in [6.45, 7) is 2.07. The number of nitrogens with zero attached hydrogens (tertiary/aromatic N) is 3. The fourth-order valence-electron chi connectivity index (χ4n) is 4.93. The normalized spacial score (nSPS) is 14.9. The Kier molecular flexibility index (Phi) is 7.67. The number of furan rings is 1. The first-order valence-electron chi connectivity index (χ1n) is 13.2. The molecule has 0 spiro atoms. The summed E-state index contributed by atoms with van der Waals surface area (Å²) in [6, 6.07) is 29.1. The lowest BCUT2D eigenvalue weighted by atomic mass is 9.99. The molecule has 6 rings (SSSR count). The predicted octanol–water partition coefficient (Wildman–Crippen LogP) is 6.58.